The summed E-state index contributed by atoms with van der Waals surface area (Å²) in [5.74, 6) is -1.75. The van der Waals surface area contributed by atoms with E-state index in [2.05, 4.69) is 0 Å². The van der Waals surface area contributed by atoms with Gasteiger partial charge >= 0.3 is 5.97 Å². The van der Waals surface area contributed by atoms with Crippen molar-refractivity contribution < 1.29 is 28.4 Å². The highest BCUT2D eigenvalue weighted by Gasteiger charge is 2.25. The molecule has 0 aliphatic rings. The molecule has 0 aliphatic heterocycles. The number of carbonyl (C=O) groups excluding carboxylic acids is 2. The van der Waals surface area contributed by atoms with Crippen molar-refractivity contribution in [1.29, 1.82) is 0 Å². The molecule has 0 spiro atoms. The van der Waals surface area contributed by atoms with Gasteiger partial charge in [0.05, 0.1) is 32.3 Å². The van der Waals surface area contributed by atoms with Gasteiger partial charge in [-0.3, -0.25) is 34.0 Å². The minimum atomic E-state index is -2.18. The smallest absolute Gasteiger partial charge is 0.324 e. The normalized spacial score (nSPS) is 11.4. The van der Waals surface area contributed by atoms with Crippen LogP contribution in [0.5, 0.6) is 5.75 Å². The standard InChI is InChI=1S/C15H10N2O8S/c18-8-10-3-1-2-4-13(10)25-15(19)9-26(24)14-6-5-11(16(20)21)7-12(14)17(22)23/h1-8H,9H2. The van der Waals surface area contributed by atoms with Gasteiger partial charge in [-0.05, 0) is 18.2 Å². The predicted molar refractivity (Wildman–Crippen MR) is 88.5 cm³/mol. The summed E-state index contributed by atoms with van der Waals surface area (Å²) in [5, 5.41) is 21.8. The second-order valence-electron chi connectivity index (χ2n) is 4.79. The van der Waals surface area contributed by atoms with Crippen LogP contribution in [0.2, 0.25) is 0 Å². The van der Waals surface area contributed by atoms with Crippen LogP contribution in [-0.2, 0) is 15.6 Å². The van der Waals surface area contributed by atoms with Crippen molar-refractivity contribution in [2.45, 2.75) is 4.90 Å². The van der Waals surface area contributed by atoms with E-state index in [1.807, 2.05) is 0 Å². The summed E-state index contributed by atoms with van der Waals surface area (Å²) in [6.45, 7) is 0. The second-order valence-corrected chi connectivity index (χ2v) is 6.21. The van der Waals surface area contributed by atoms with Crippen molar-refractivity contribution in [3.8, 4) is 5.75 Å². The van der Waals surface area contributed by atoms with Gasteiger partial charge in [0.1, 0.15) is 16.4 Å². The maximum atomic E-state index is 12.3. The van der Waals surface area contributed by atoms with E-state index in [9.17, 15) is 34.0 Å². The molecule has 1 unspecified atom stereocenters. The fourth-order valence-corrected chi connectivity index (χ4v) is 2.98. The average Bonchev–Trinajstić information content (AvgIpc) is 2.61. The lowest BCUT2D eigenvalue weighted by molar-refractivity contribution is -0.396. The van der Waals surface area contributed by atoms with Crippen molar-refractivity contribution in [2.75, 3.05) is 5.75 Å². The largest absolute Gasteiger partial charge is 0.425 e. The number of nitrogens with zero attached hydrogens (tertiary/aromatic N) is 2. The van der Waals surface area contributed by atoms with Gasteiger partial charge in [-0.15, -0.1) is 0 Å². The van der Waals surface area contributed by atoms with Gasteiger partial charge in [-0.25, -0.2) is 0 Å². The molecule has 0 bridgehead atoms. The van der Waals surface area contributed by atoms with E-state index >= 15 is 0 Å². The Morgan fingerprint density at radius 1 is 1.12 bits per heavy atom. The molecule has 0 amide bonds. The maximum absolute atomic E-state index is 12.3. The molecule has 10 nitrogen and oxygen atoms in total. The molecule has 1 atom stereocenters. The number of esters is 1. The molecule has 0 saturated carbocycles. The molecular formula is C15H10N2O8S. The number of ether oxygens (including phenoxy) is 1. The Morgan fingerprint density at radius 3 is 2.42 bits per heavy atom. The summed E-state index contributed by atoms with van der Waals surface area (Å²) in [5.41, 5.74) is -1.17. The first-order valence-corrected chi connectivity index (χ1v) is 8.21. The first kappa shape index (κ1) is 18.9. The molecule has 0 heterocycles. The molecule has 0 N–H and O–H groups in total. The van der Waals surface area contributed by atoms with Crippen molar-refractivity contribution in [3.63, 3.8) is 0 Å². The van der Waals surface area contributed by atoms with E-state index in [0.717, 1.165) is 12.1 Å². The molecule has 0 saturated heterocycles. The zero-order chi connectivity index (χ0) is 19.3. The zero-order valence-electron chi connectivity index (χ0n) is 12.9. The molecule has 26 heavy (non-hydrogen) atoms. The van der Waals surface area contributed by atoms with Crippen molar-refractivity contribution in [2.24, 2.45) is 0 Å². The van der Waals surface area contributed by atoms with Crippen LogP contribution >= 0.6 is 0 Å². The fraction of sp³-hybridized carbons (Fsp3) is 0.0667. The third kappa shape index (κ3) is 4.33. The molecule has 2 rings (SSSR count). The summed E-state index contributed by atoms with van der Waals surface area (Å²) in [4.78, 5) is 42.4. The molecule has 0 radical (unpaired) electrons. The highest BCUT2D eigenvalue weighted by molar-refractivity contribution is 7.85. The van der Waals surface area contributed by atoms with Crippen LogP contribution in [0.25, 0.3) is 0 Å². The highest BCUT2D eigenvalue weighted by atomic mass is 32.2. The summed E-state index contributed by atoms with van der Waals surface area (Å²) in [6.07, 6.45) is 0.473. The maximum Gasteiger partial charge on any atom is 0.324 e. The number of nitro benzene ring substituents is 2. The number of hydrogen-bond acceptors (Lipinski definition) is 8. The molecule has 134 valence electrons. The van der Waals surface area contributed by atoms with E-state index in [4.69, 9.17) is 4.74 Å². The topological polar surface area (TPSA) is 147 Å². The number of carbonyl (C=O) groups is 2. The van der Waals surface area contributed by atoms with Gasteiger partial charge in [0.2, 0.25) is 0 Å². The Labute approximate surface area is 148 Å². The van der Waals surface area contributed by atoms with Crippen LogP contribution in [0.1, 0.15) is 10.4 Å². The summed E-state index contributed by atoms with van der Waals surface area (Å²) in [6, 6.07) is 8.42. The Kier molecular flexibility index (Phi) is 5.86. The van der Waals surface area contributed by atoms with Crippen molar-refractivity contribution in [3.05, 3.63) is 68.3 Å². The van der Waals surface area contributed by atoms with Crippen molar-refractivity contribution in [1.82, 2.24) is 0 Å². The number of rotatable bonds is 7. The van der Waals surface area contributed by atoms with Crippen LogP contribution in [-0.4, -0.2) is 32.1 Å². The summed E-state index contributed by atoms with van der Waals surface area (Å²) in [7, 11) is -2.18. The van der Waals surface area contributed by atoms with Crippen LogP contribution in [0.15, 0.2) is 47.4 Å². The Morgan fingerprint density at radius 2 is 1.81 bits per heavy atom. The third-order valence-electron chi connectivity index (χ3n) is 3.11. The minimum absolute atomic E-state index is 0.0392. The number of nitro groups is 2. The van der Waals surface area contributed by atoms with Gasteiger partial charge < -0.3 is 4.74 Å². The fourth-order valence-electron chi connectivity index (χ4n) is 1.96. The highest BCUT2D eigenvalue weighted by Crippen LogP contribution is 2.27. The molecular weight excluding hydrogens is 368 g/mol. The van der Waals surface area contributed by atoms with Gasteiger partial charge in [0.25, 0.3) is 11.4 Å². The van der Waals surface area contributed by atoms with E-state index < -0.39 is 43.7 Å². The lowest BCUT2D eigenvalue weighted by atomic mass is 10.2. The van der Waals surface area contributed by atoms with Gasteiger partial charge in [0, 0.05) is 6.07 Å². The number of aldehydes is 1. The van der Waals surface area contributed by atoms with E-state index in [-0.39, 0.29) is 16.2 Å². The number of para-hydroxylation sites is 1. The number of non-ortho nitro benzene ring substituents is 1. The third-order valence-corrected chi connectivity index (χ3v) is 4.45. The van der Waals surface area contributed by atoms with Crippen LogP contribution in [0.4, 0.5) is 11.4 Å². The first-order chi connectivity index (χ1) is 12.3. The molecule has 11 heteroatoms. The minimum Gasteiger partial charge on any atom is -0.425 e. The molecule has 0 aromatic heterocycles. The number of hydrogen-bond donors (Lipinski definition) is 0. The number of benzene rings is 2. The van der Waals surface area contributed by atoms with E-state index in [1.54, 1.807) is 6.07 Å². The van der Waals surface area contributed by atoms with E-state index in [1.165, 1.54) is 18.2 Å². The lowest BCUT2D eigenvalue weighted by Gasteiger charge is -2.07. The first-order valence-electron chi connectivity index (χ1n) is 6.89. The van der Waals surface area contributed by atoms with Gasteiger partial charge in [0.15, 0.2) is 6.29 Å². The molecule has 2 aromatic carbocycles. The summed E-state index contributed by atoms with van der Waals surface area (Å²) >= 11 is 0. The lowest BCUT2D eigenvalue weighted by Crippen LogP contribution is -2.18. The predicted octanol–water partition coefficient (Wildman–Crippen LogP) is 2.03. The Balaban J connectivity index is 2.21. The van der Waals surface area contributed by atoms with Crippen LogP contribution < -0.4 is 4.74 Å². The summed E-state index contributed by atoms with van der Waals surface area (Å²) < 4.78 is 17.2. The van der Waals surface area contributed by atoms with Gasteiger partial charge in [-0.1, -0.05) is 12.1 Å². The molecule has 2 aromatic rings. The zero-order valence-corrected chi connectivity index (χ0v) is 13.7. The SMILES string of the molecule is O=Cc1ccccc1OC(=O)CS(=O)c1ccc([N+](=O)[O-])cc1[N+](=O)[O-]. The monoisotopic (exact) mass is 378 g/mol. The van der Waals surface area contributed by atoms with Gasteiger partial charge in [-0.2, -0.15) is 0 Å². The quantitative estimate of drug-likeness (QED) is 0.234. The van der Waals surface area contributed by atoms with Crippen LogP contribution in [0, 0.1) is 20.2 Å². The molecule has 0 fully saturated rings. The second kappa shape index (κ2) is 8.07. The van der Waals surface area contributed by atoms with Crippen LogP contribution in [0.3, 0.4) is 0 Å². The Bertz CT molecular complexity index is 928. The molecule has 0 aliphatic carbocycles. The van der Waals surface area contributed by atoms with Crippen molar-refractivity contribution >= 4 is 34.4 Å². The Hall–Kier alpha value is -3.47. The average molecular weight is 378 g/mol. The van der Waals surface area contributed by atoms with E-state index in [0.29, 0.717) is 12.4 Å².